The second kappa shape index (κ2) is 5.72. The van der Waals surface area contributed by atoms with E-state index in [4.69, 9.17) is 0 Å². The van der Waals surface area contributed by atoms with Crippen LogP contribution in [0.2, 0.25) is 0 Å². The molecular weight excluding hydrogens is 240 g/mol. The highest BCUT2D eigenvalue weighted by molar-refractivity contribution is 7.09. The second-order valence-electron chi connectivity index (χ2n) is 5.92. The van der Waals surface area contributed by atoms with E-state index in [1.54, 1.807) is 0 Å². The molecule has 3 rings (SSSR count). The van der Waals surface area contributed by atoms with Gasteiger partial charge in [0.25, 0.3) is 0 Å². The molecule has 18 heavy (non-hydrogen) atoms. The Labute approximate surface area is 114 Å². The van der Waals surface area contributed by atoms with Crippen LogP contribution in [-0.2, 0) is 6.42 Å². The maximum Gasteiger partial charge on any atom is 0.00579 e. The molecule has 100 valence electrons. The Hall–Kier alpha value is -0.380. The van der Waals surface area contributed by atoms with Gasteiger partial charge in [-0.1, -0.05) is 6.07 Å². The summed E-state index contributed by atoms with van der Waals surface area (Å²) in [4.78, 5) is 4.21. The van der Waals surface area contributed by atoms with Gasteiger partial charge in [-0.3, -0.25) is 0 Å². The lowest BCUT2D eigenvalue weighted by molar-refractivity contribution is 0.0747. The first-order valence-corrected chi connectivity index (χ1v) is 8.20. The summed E-state index contributed by atoms with van der Waals surface area (Å²) in [7, 11) is 0. The van der Waals surface area contributed by atoms with Gasteiger partial charge < -0.3 is 10.2 Å². The van der Waals surface area contributed by atoms with Crippen molar-refractivity contribution >= 4 is 11.3 Å². The molecule has 0 unspecified atom stereocenters. The number of nitrogens with zero attached hydrogens (tertiary/aromatic N) is 1. The normalized spacial score (nSPS) is 24.4. The van der Waals surface area contributed by atoms with Gasteiger partial charge in [-0.25, -0.2) is 0 Å². The van der Waals surface area contributed by atoms with E-state index in [0.29, 0.717) is 5.41 Å². The molecule has 2 fully saturated rings. The molecule has 1 aromatic heterocycles. The van der Waals surface area contributed by atoms with Crippen LogP contribution >= 0.6 is 11.3 Å². The van der Waals surface area contributed by atoms with Crippen molar-refractivity contribution in [2.75, 3.05) is 32.7 Å². The Morgan fingerprint density at radius 3 is 2.61 bits per heavy atom. The number of rotatable bonds is 3. The number of likely N-dealkylation sites (tertiary alicyclic amines) is 1. The molecule has 0 radical (unpaired) electrons. The Morgan fingerprint density at radius 2 is 1.94 bits per heavy atom. The number of nitrogens with one attached hydrogen (secondary N) is 1. The average molecular weight is 264 g/mol. The maximum absolute atomic E-state index is 3.50. The van der Waals surface area contributed by atoms with Gasteiger partial charge in [0.2, 0.25) is 0 Å². The SMILES string of the molecule is c1csc(CCN2CCC3(CCNCC3)CC2)c1. The van der Waals surface area contributed by atoms with E-state index in [1.807, 2.05) is 11.3 Å². The van der Waals surface area contributed by atoms with Crippen LogP contribution in [0.25, 0.3) is 0 Å². The first-order chi connectivity index (χ1) is 8.86. The summed E-state index contributed by atoms with van der Waals surface area (Å²) in [6, 6.07) is 4.43. The first-order valence-electron chi connectivity index (χ1n) is 7.32. The van der Waals surface area contributed by atoms with Crippen LogP contribution in [0.5, 0.6) is 0 Å². The molecule has 0 saturated carbocycles. The van der Waals surface area contributed by atoms with Gasteiger partial charge in [-0.15, -0.1) is 11.3 Å². The highest BCUT2D eigenvalue weighted by Gasteiger charge is 2.35. The topological polar surface area (TPSA) is 15.3 Å². The number of hydrogen-bond acceptors (Lipinski definition) is 3. The third-order valence-electron chi connectivity index (χ3n) is 4.84. The van der Waals surface area contributed by atoms with E-state index in [1.165, 1.54) is 69.7 Å². The lowest BCUT2D eigenvalue weighted by atomic mass is 9.71. The highest BCUT2D eigenvalue weighted by Crippen LogP contribution is 2.39. The zero-order valence-corrected chi connectivity index (χ0v) is 12.0. The monoisotopic (exact) mass is 264 g/mol. The summed E-state index contributed by atoms with van der Waals surface area (Å²) in [6.07, 6.45) is 6.92. The van der Waals surface area contributed by atoms with Crippen LogP contribution in [0.3, 0.4) is 0 Å². The van der Waals surface area contributed by atoms with Gasteiger partial charge in [0.05, 0.1) is 0 Å². The van der Waals surface area contributed by atoms with Crippen molar-refractivity contribution in [3.05, 3.63) is 22.4 Å². The predicted octanol–water partition coefficient (Wildman–Crippen LogP) is 2.76. The molecule has 1 spiro atoms. The quantitative estimate of drug-likeness (QED) is 0.903. The standard InChI is InChI=1S/C15H24N2S/c1-2-14(18-13-1)3-10-17-11-6-15(7-12-17)4-8-16-9-5-15/h1-2,13,16H,3-12H2. The first kappa shape index (κ1) is 12.6. The molecular formula is C15H24N2S. The Morgan fingerprint density at radius 1 is 1.17 bits per heavy atom. The second-order valence-corrected chi connectivity index (χ2v) is 6.95. The predicted molar refractivity (Wildman–Crippen MR) is 78.2 cm³/mol. The van der Waals surface area contributed by atoms with Crippen molar-refractivity contribution in [3.63, 3.8) is 0 Å². The molecule has 2 aliphatic rings. The molecule has 2 nitrogen and oxygen atoms in total. The third-order valence-corrected chi connectivity index (χ3v) is 5.77. The average Bonchev–Trinajstić information content (AvgIpc) is 2.93. The fraction of sp³-hybridized carbons (Fsp3) is 0.733. The van der Waals surface area contributed by atoms with E-state index in [0.717, 1.165) is 0 Å². The van der Waals surface area contributed by atoms with Crippen molar-refractivity contribution < 1.29 is 0 Å². The fourth-order valence-electron chi connectivity index (χ4n) is 3.43. The van der Waals surface area contributed by atoms with E-state index in [-0.39, 0.29) is 0 Å². The van der Waals surface area contributed by atoms with E-state index < -0.39 is 0 Å². The van der Waals surface area contributed by atoms with Crippen molar-refractivity contribution in [2.45, 2.75) is 32.1 Å². The van der Waals surface area contributed by atoms with Crippen LogP contribution in [0.1, 0.15) is 30.6 Å². The van der Waals surface area contributed by atoms with Crippen LogP contribution in [0.15, 0.2) is 17.5 Å². The molecule has 3 heteroatoms. The summed E-state index contributed by atoms with van der Waals surface area (Å²) in [5.74, 6) is 0. The zero-order chi connectivity index (χ0) is 12.3. The molecule has 0 aromatic carbocycles. The summed E-state index contributed by atoms with van der Waals surface area (Å²) < 4.78 is 0. The van der Waals surface area contributed by atoms with Gasteiger partial charge >= 0.3 is 0 Å². The van der Waals surface area contributed by atoms with Crippen molar-refractivity contribution in [3.8, 4) is 0 Å². The van der Waals surface area contributed by atoms with Crippen LogP contribution in [0.4, 0.5) is 0 Å². The third kappa shape index (κ3) is 2.95. The Kier molecular flexibility index (Phi) is 4.02. The summed E-state index contributed by atoms with van der Waals surface area (Å²) in [6.45, 7) is 6.40. The van der Waals surface area contributed by atoms with E-state index in [2.05, 4.69) is 27.7 Å². The summed E-state index contributed by atoms with van der Waals surface area (Å²) in [5.41, 5.74) is 0.699. The van der Waals surface area contributed by atoms with Crippen LogP contribution in [-0.4, -0.2) is 37.6 Å². The Balaban J connectivity index is 1.45. The molecule has 2 saturated heterocycles. The lowest BCUT2D eigenvalue weighted by Crippen LogP contribution is -2.45. The minimum absolute atomic E-state index is 0.699. The minimum atomic E-state index is 0.699. The summed E-state index contributed by atoms with van der Waals surface area (Å²) >= 11 is 1.90. The summed E-state index contributed by atoms with van der Waals surface area (Å²) in [5, 5.41) is 5.69. The van der Waals surface area contributed by atoms with Gasteiger partial charge in [0.15, 0.2) is 0 Å². The fourth-order valence-corrected chi connectivity index (χ4v) is 4.13. The van der Waals surface area contributed by atoms with Crippen molar-refractivity contribution in [2.24, 2.45) is 5.41 Å². The molecule has 0 amide bonds. The molecule has 2 aliphatic heterocycles. The molecule has 0 bridgehead atoms. The van der Waals surface area contributed by atoms with Crippen molar-refractivity contribution in [1.82, 2.24) is 10.2 Å². The van der Waals surface area contributed by atoms with Gasteiger partial charge in [-0.2, -0.15) is 0 Å². The smallest absolute Gasteiger partial charge is 0.00579 e. The number of piperidine rings is 2. The van der Waals surface area contributed by atoms with Gasteiger partial charge in [0.1, 0.15) is 0 Å². The zero-order valence-electron chi connectivity index (χ0n) is 11.2. The van der Waals surface area contributed by atoms with Crippen molar-refractivity contribution in [1.29, 1.82) is 0 Å². The molecule has 1 N–H and O–H groups in total. The number of hydrogen-bond donors (Lipinski definition) is 1. The van der Waals surface area contributed by atoms with Gasteiger partial charge in [-0.05, 0) is 75.1 Å². The van der Waals surface area contributed by atoms with Crippen LogP contribution < -0.4 is 5.32 Å². The molecule has 0 aliphatic carbocycles. The number of thiophene rings is 1. The van der Waals surface area contributed by atoms with Gasteiger partial charge in [0, 0.05) is 11.4 Å². The lowest BCUT2D eigenvalue weighted by Gasteiger charge is -2.44. The van der Waals surface area contributed by atoms with E-state index in [9.17, 15) is 0 Å². The minimum Gasteiger partial charge on any atom is -0.317 e. The Bertz CT molecular complexity index is 345. The highest BCUT2D eigenvalue weighted by atomic mass is 32.1. The maximum atomic E-state index is 3.50. The molecule has 1 aromatic rings. The van der Waals surface area contributed by atoms with Crippen LogP contribution in [0, 0.1) is 5.41 Å². The molecule has 0 atom stereocenters. The molecule has 3 heterocycles. The largest absolute Gasteiger partial charge is 0.317 e. The van der Waals surface area contributed by atoms with E-state index >= 15 is 0 Å².